The molecular weight excluding hydrogens is 176 g/mol. The Morgan fingerprint density at radius 3 is 3.00 bits per heavy atom. The van der Waals surface area contributed by atoms with E-state index in [9.17, 15) is 9.90 Å². The number of rotatable bonds is 3. The molecule has 0 heterocycles. The summed E-state index contributed by atoms with van der Waals surface area (Å²) in [5.41, 5.74) is -0.0894. The van der Waals surface area contributed by atoms with Crippen LogP contribution in [0.4, 0.5) is 0 Å². The molecule has 2 unspecified atom stereocenters. The highest BCUT2D eigenvalue weighted by molar-refractivity contribution is 5.79. The van der Waals surface area contributed by atoms with Gasteiger partial charge in [-0.15, -0.1) is 6.58 Å². The molecule has 1 N–H and O–H groups in total. The van der Waals surface area contributed by atoms with Gasteiger partial charge in [0.25, 0.3) is 0 Å². The Morgan fingerprint density at radius 1 is 1.71 bits per heavy atom. The number of carbonyl (C=O) groups is 1. The van der Waals surface area contributed by atoms with E-state index in [0.29, 0.717) is 12.8 Å². The first-order chi connectivity index (χ1) is 6.64. The standard InChI is InChI=1S/C12H20O2/c1-3-7-12(4-2)8-5-6-10(13)9-11(12)14/h3,11,14H,1,4-9H2,2H3. The quantitative estimate of drug-likeness (QED) is 0.556. The number of aliphatic hydroxyl groups is 1. The second-order valence-electron chi connectivity index (χ2n) is 4.32. The van der Waals surface area contributed by atoms with E-state index in [-0.39, 0.29) is 11.2 Å². The van der Waals surface area contributed by atoms with Crippen LogP contribution in [0.1, 0.15) is 45.4 Å². The van der Waals surface area contributed by atoms with Gasteiger partial charge < -0.3 is 5.11 Å². The van der Waals surface area contributed by atoms with Crippen LogP contribution in [0.25, 0.3) is 0 Å². The van der Waals surface area contributed by atoms with Crippen molar-refractivity contribution < 1.29 is 9.90 Å². The van der Waals surface area contributed by atoms with Crippen molar-refractivity contribution in [3.63, 3.8) is 0 Å². The van der Waals surface area contributed by atoms with Crippen LogP contribution in [-0.4, -0.2) is 17.0 Å². The molecule has 0 saturated heterocycles. The molecule has 0 aromatic carbocycles. The van der Waals surface area contributed by atoms with Gasteiger partial charge in [-0.05, 0) is 31.1 Å². The van der Waals surface area contributed by atoms with E-state index < -0.39 is 6.10 Å². The number of Topliss-reactive ketones (excluding diaryl/α,β-unsaturated/α-hetero) is 1. The first kappa shape index (κ1) is 11.4. The molecule has 1 saturated carbocycles. The molecule has 1 aliphatic carbocycles. The Labute approximate surface area is 86.0 Å². The summed E-state index contributed by atoms with van der Waals surface area (Å²) in [6.45, 7) is 5.82. The van der Waals surface area contributed by atoms with Crippen molar-refractivity contribution >= 4 is 5.78 Å². The molecule has 0 aromatic heterocycles. The summed E-state index contributed by atoms with van der Waals surface area (Å²) in [7, 11) is 0. The molecule has 1 rings (SSSR count). The molecule has 0 amide bonds. The van der Waals surface area contributed by atoms with Gasteiger partial charge in [0, 0.05) is 12.8 Å². The van der Waals surface area contributed by atoms with Gasteiger partial charge in [0.05, 0.1) is 6.10 Å². The van der Waals surface area contributed by atoms with Crippen LogP contribution in [0.15, 0.2) is 12.7 Å². The van der Waals surface area contributed by atoms with Crippen LogP contribution in [0.2, 0.25) is 0 Å². The molecular formula is C12H20O2. The van der Waals surface area contributed by atoms with Gasteiger partial charge in [-0.1, -0.05) is 13.0 Å². The molecule has 0 aliphatic heterocycles. The van der Waals surface area contributed by atoms with Gasteiger partial charge in [0.2, 0.25) is 0 Å². The minimum Gasteiger partial charge on any atom is -0.392 e. The molecule has 2 nitrogen and oxygen atoms in total. The third-order valence-electron chi connectivity index (χ3n) is 3.51. The molecule has 0 spiro atoms. The monoisotopic (exact) mass is 196 g/mol. The highest BCUT2D eigenvalue weighted by atomic mass is 16.3. The van der Waals surface area contributed by atoms with Crippen LogP contribution in [0.5, 0.6) is 0 Å². The lowest BCUT2D eigenvalue weighted by molar-refractivity contribution is -0.121. The largest absolute Gasteiger partial charge is 0.392 e. The summed E-state index contributed by atoms with van der Waals surface area (Å²) in [5, 5.41) is 10.0. The molecule has 0 aromatic rings. The van der Waals surface area contributed by atoms with Crippen molar-refractivity contribution in [2.75, 3.05) is 0 Å². The molecule has 0 radical (unpaired) electrons. The SMILES string of the molecule is C=CCC1(CC)CCCC(=O)CC1O. The van der Waals surface area contributed by atoms with Crippen molar-refractivity contribution in [2.45, 2.75) is 51.6 Å². The number of allylic oxidation sites excluding steroid dienone is 1. The lowest BCUT2D eigenvalue weighted by Gasteiger charge is -2.35. The fourth-order valence-electron chi connectivity index (χ4n) is 2.42. The van der Waals surface area contributed by atoms with Crippen molar-refractivity contribution in [1.29, 1.82) is 0 Å². The predicted molar refractivity (Wildman–Crippen MR) is 57.0 cm³/mol. The van der Waals surface area contributed by atoms with Crippen molar-refractivity contribution in [3.05, 3.63) is 12.7 Å². The van der Waals surface area contributed by atoms with E-state index >= 15 is 0 Å². The average Bonchev–Trinajstić information content (AvgIpc) is 2.28. The zero-order chi connectivity index (χ0) is 10.6. The summed E-state index contributed by atoms with van der Waals surface area (Å²) in [6.07, 6.45) is 5.96. The zero-order valence-electron chi connectivity index (χ0n) is 8.96. The van der Waals surface area contributed by atoms with Gasteiger partial charge in [-0.3, -0.25) is 4.79 Å². The van der Waals surface area contributed by atoms with Gasteiger partial charge in [0.1, 0.15) is 5.78 Å². The van der Waals surface area contributed by atoms with Crippen LogP contribution >= 0.6 is 0 Å². The molecule has 2 heteroatoms. The van der Waals surface area contributed by atoms with Gasteiger partial charge in [-0.2, -0.15) is 0 Å². The van der Waals surface area contributed by atoms with E-state index in [2.05, 4.69) is 13.5 Å². The Morgan fingerprint density at radius 2 is 2.43 bits per heavy atom. The van der Waals surface area contributed by atoms with Crippen molar-refractivity contribution in [3.8, 4) is 0 Å². The smallest absolute Gasteiger partial charge is 0.135 e. The van der Waals surface area contributed by atoms with E-state index in [1.165, 1.54) is 0 Å². The Kier molecular flexibility index (Phi) is 3.87. The van der Waals surface area contributed by atoms with Crippen molar-refractivity contribution in [2.24, 2.45) is 5.41 Å². The molecule has 14 heavy (non-hydrogen) atoms. The maximum absolute atomic E-state index is 11.3. The third-order valence-corrected chi connectivity index (χ3v) is 3.51. The Balaban J connectivity index is 2.80. The minimum atomic E-state index is -0.472. The summed E-state index contributed by atoms with van der Waals surface area (Å²) in [6, 6.07) is 0. The lowest BCUT2D eigenvalue weighted by atomic mass is 9.73. The first-order valence-corrected chi connectivity index (χ1v) is 5.45. The molecule has 0 bridgehead atoms. The maximum atomic E-state index is 11.3. The van der Waals surface area contributed by atoms with Gasteiger partial charge in [0.15, 0.2) is 0 Å². The van der Waals surface area contributed by atoms with Crippen LogP contribution in [-0.2, 0) is 4.79 Å². The fraction of sp³-hybridized carbons (Fsp3) is 0.750. The second-order valence-corrected chi connectivity index (χ2v) is 4.32. The number of hydrogen-bond donors (Lipinski definition) is 1. The molecule has 1 aliphatic rings. The number of hydrogen-bond acceptors (Lipinski definition) is 2. The van der Waals surface area contributed by atoms with E-state index in [1.54, 1.807) is 0 Å². The highest BCUT2D eigenvalue weighted by Crippen LogP contribution is 2.40. The highest BCUT2D eigenvalue weighted by Gasteiger charge is 2.37. The van der Waals surface area contributed by atoms with Gasteiger partial charge >= 0.3 is 0 Å². The van der Waals surface area contributed by atoms with Gasteiger partial charge in [-0.25, -0.2) is 0 Å². The van der Waals surface area contributed by atoms with E-state index in [4.69, 9.17) is 0 Å². The summed E-state index contributed by atoms with van der Waals surface area (Å²) in [5.74, 6) is 0.205. The minimum absolute atomic E-state index is 0.0894. The summed E-state index contributed by atoms with van der Waals surface area (Å²) in [4.78, 5) is 11.3. The fourth-order valence-corrected chi connectivity index (χ4v) is 2.42. The average molecular weight is 196 g/mol. The number of carbonyl (C=O) groups excluding carboxylic acids is 1. The van der Waals surface area contributed by atoms with E-state index in [0.717, 1.165) is 25.7 Å². The van der Waals surface area contributed by atoms with Crippen LogP contribution in [0.3, 0.4) is 0 Å². The van der Waals surface area contributed by atoms with Crippen LogP contribution < -0.4 is 0 Å². The number of aliphatic hydroxyl groups excluding tert-OH is 1. The summed E-state index contributed by atoms with van der Waals surface area (Å²) >= 11 is 0. The maximum Gasteiger partial charge on any atom is 0.135 e. The molecule has 1 fully saturated rings. The van der Waals surface area contributed by atoms with E-state index in [1.807, 2.05) is 6.08 Å². The lowest BCUT2D eigenvalue weighted by Crippen LogP contribution is -2.34. The Bertz CT molecular complexity index is 222. The van der Waals surface area contributed by atoms with Crippen molar-refractivity contribution in [1.82, 2.24) is 0 Å². The number of ketones is 1. The predicted octanol–water partition coefficient (Wildman–Crippen LogP) is 2.46. The third kappa shape index (κ3) is 2.24. The molecule has 2 atom stereocenters. The Hall–Kier alpha value is -0.630. The van der Waals surface area contributed by atoms with Crippen LogP contribution in [0, 0.1) is 5.41 Å². The normalized spacial score (nSPS) is 33.9. The topological polar surface area (TPSA) is 37.3 Å². The zero-order valence-corrected chi connectivity index (χ0v) is 8.96. The summed E-state index contributed by atoms with van der Waals surface area (Å²) < 4.78 is 0. The first-order valence-electron chi connectivity index (χ1n) is 5.45. The second kappa shape index (κ2) is 4.74. The molecule has 80 valence electrons.